The molecule has 1 amide bonds. The Kier molecular flexibility index (Phi) is 5.80. The lowest BCUT2D eigenvalue weighted by Gasteiger charge is -2.09. The van der Waals surface area contributed by atoms with Crippen LogP contribution in [0.3, 0.4) is 0 Å². The van der Waals surface area contributed by atoms with Crippen molar-refractivity contribution >= 4 is 33.2 Å². The summed E-state index contributed by atoms with van der Waals surface area (Å²) in [5, 5.41) is 10.5. The molecule has 0 radical (unpaired) electrons. The Balaban J connectivity index is 1.63. The van der Waals surface area contributed by atoms with Crippen LogP contribution in [-0.4, -0.2) is 34.2 Å². The molecule has 32 heavy (non-hydrogen) atoms. The number of carbonyl (C=O) groups excluding carboxylic acids is 1. The Labute approximate surface area is 187 Å². The average Bonchev–Trinajstić information content (AvgIpc) is 3.28. The van der Waals surface area contributed by atoms with Crippen LogP contribution in [0.5, 0.6) is 0 Å². The van der Waals surface area contributed by atoms with E-state index in [2.05, 4.69) is 19.7 Å². The molecule has 162 valence electrons. The first-order chi connectivity index (χ1) is 15.3. The molecule has 0 saturated heterocycles. The zero-order valence-electron chi connectivity index (χ0n) is 16.3. The molecular formula is C21H16ClN5O4S. The van der Waals surface area contributed by atoms with Gasteiger partial charge in [0.15, 0.2) is 5.49 Å². The summed E-state index contributed by atoms with van der Waals surface area (Å²) in [6, 6.07) is 17.5. The van der Waals surface area contributed by atoms with E-state index in [4.69, 9.17) is 11.6 Å². The van der Waals surface area contributed by atoms with Crippen LogP contribution in [0.2, 0.25) is 5.02 Å². The van der Waals surface area contributed by atoms with Gasteiger partial charge in [-0.25, -0.2) is 13.4 Å². The van der Waals surface area contributed by atoms with Gasteiger partial charge in [0.1, 0.15) is 11.5 Å². The second-order valence-corrected chi connectivity index (χ2v) is 8.72. The van der Waals surface area contributed by atoms with Crippen molar-refractivity contribution in [2.45, 2.75) is 4.90 Å². The Hall–Kier alpha value is -3.89. The molecule has 4 rings (SSSR count). The molecule has 2 aromatic carbocycles. The topological polar surface area (TPSA) is 129 Å². The fourth-order valence-corrected chi connectivity index (χ4v) is 3.97. The highest BCUT2D eigenvalue weighted by molar-refractivity contribution is 7.92. The van der Waals surface area contributed by atoms with Gasteiger partial charge in [-0.05, 0) is 30.3 Å². The van der Waals surface area contributed by atoms with Crippen LogP contribution < -0.4 is 10.2 Å². The van der Waals surface area contributed by atoms with Crippen molar-refractivity contribution in [1.29, 1.82) is 0 Å². The second-order valence-electron chi connectivity index (χ2n) is 6.61. The maximum atomic E-state index is 12.7. The molecule has 2 aromatic heterocycles. The number of aromatic nitrogens is 3. The molecule has 0 saturated carbocycles. The Morgan fingerprint density at radius 1 is 1.09 bits per heavy atom. The molecular weight excluding hydrogens is 454 g/mol. The van der Waals surface area contributed by atoms with Crippen molar-refractivity contribution < 1.29 is 18.4 Å². The Bertz CT molecular complexity index is 1450. The van der Waals surface area contributed by atoms with Crippen LogP contribution in [-0.2, 0) is 10.0 Å². The summed E-state index contributed by atoms with van der Waals surface area (Å²) < 4.78 is 28.3. The molecule has 0 aliphatic rings. The summed E-state index contributed by atoms with van der Waals surface area (Å²) in [4.78, 5) is 23.2. The molecule has 0 unspecified atom stereocenters. The number of nitrogens with zero attached hydrogens (tertiary/aromatic N) is 3. The zero-order valence-corrected chi connectivity index (χ0v) is 17.9. The minimum atomic E-state index is -4.01. The highest BCUT2D eigenvalue weighted by atomic mass is 35.5. The Morgan fingerprint density at radius 2 is 1.81 bits per heavy atom. The quantitative estimate of drug-likeness (QED) is 0.386. The summed E-state index contributed by atoms with van der Waals surface area (Å²) in [6.45, 7) is 0. The number of sulfonamides is 1. The predicted octanol–water partition coefficient (Wildman–Crippen LogP) is 3.31. The van der Waals surface area contributed by atoms with Gasteiger partial charge in [0, 0.05) is 28.5 Å². The summed E-state index contributed by atoms with van der Waals surface area (Å²) in [5.74, 6) is -0.257. The first kappa shape index (κ1) is 21.3. The van der Waals surface area contributed by atoms with Gasteiger partial charge in [-0.3, -0.25) is 9.52 Å². The molecule has 3 N–H and O–H groups in total. The van der Waals surface area contributed by atoms with Crippen LogP contribution in [0, 0.1) is 0 Å². The van der Waals surface area contributed by atoms with Crippen molar-refractivity contribution in [3.05, 3.63) is 95.3 Å². The van der Waals surface area contributed by atoms with Crippen LogP contribution >= 0.6 is 11.6 Å². The summed E-state index contributed by atoms with van der Waals surface area (Å²) in [5.41, 5.74) is 0.891. The second kappa shape index (κ2) is 8.69. The van der Waals surface area contributed by atoms with Crippen molar-refractivity contribution in [2.75, 3.05) is 4.72 Å². The molecule has 0 spiro atoms. The van der Waals surface area contributed by atoms with E-state index >= 15 is 0 Å². The monoisotopic (exact) mass is 469 g/mol. The van der Waals surface area contributed by atoms with Gasteiger partial charge >= 0.3 is 0 Å². The highest BCUT2D eigenvalue weighted by Gasteiger charge is 2.16. The van der Waals surface area contributed by atoms with Gasteiger partial charge in [-0.1, -0.05) is 41.9 Å². The predicted molar refractivity (Wildman–Crippen MR) is 118 cm³/mol. The van der Waals surface area contributed by atoms with Crippen LogP contribution in [0.15, 0.2) is 89.0 Å². The number of aromatic amines is 1. The molecule has 0 aliphatic carbocycles. The van der Waals surface area contributed by atoms with Gasteiger partial charge in [0.05, 0.1) is 11.1 Å². The van der Waals surface area contributed by atoms with Crippen molar-refractivity contribution in [1.82, 2.24) is 14.7 Å². The molecule has 0 bridgehead atoms. The van der Waals surface area contributed by atoms with Gasteiger partial charge in [-0.2, -0.15) is 9.72 Å². The lowest BCUT2D eigenvalue weighted by Crippen LogP contribution is -2.23. The van der Waals surface area contributed by atoms with Gasteiger partial charge < -0.3 is 10.2 Å². The van der Waals surface area contributed by atoms with E-state index in [1.165, 1.54) is 24.4 Å². The molecule has 2 heterocycles. The van der Waals surface area contributed by atoms with Crippen LogP contribution in [0.1, 0.15) is 10.5 Å². The third-order valence-electron chi connectivity index (χ3n) is 4.36. The number of anilines is 1. The summed E-state index contributed by atoms with van der Waals surface area (Å²) in [7, 11) is -4.01. The normalized spacial score (nSPS) is 12.0. The number of imidazole rings is 1. The lowest BCUT2D eigenvalue weighted by molar-refractivity contribution is 0.0983. The number of carbonyl (C=O) groups is 1. The number of pyridine rings is 1. The fraction of sp³-hybridized carbons (Fsp3) is 0. The summed E-state index contributed by atoms with van der Waals surface area (Å²) >= 11 is 5.81. The van der Waals surface area contributed by atoms with Crippen molar-refractivity contribution in [3.8, 4) is 11.4 Å². The number of amides is 1. The van der Waals surface area contributed by atoms with Gasteiger partial charge in [0.2, 0.25) is 0 Å². The number of halogens is 1. The fourth-order valence-electron chi connectivity index (χ4n) is 2.78. The maximum Gasteiger partial charge on any atom is 0.297 e. The number of benzene rings is 2. The van der Waals surface area contributed by atoms with Crippen LogP contribution in [0.25, 0.3) is 11.4 Å². The molecule has 0 atom stereocenters. The van der Waals surface area contributed by atoms with Crippen molar-refractivity contribution in [3.63, 3.8) is 0 Å². The highest BCUT2D eigenvalue weighted by Crippen LogP contribution is 2.18. The Morgan fingerprint density at radius 3 is 2.53 bits per heavy atom. The van der Waals surface area contributed by atoms with E-state index < -0.39 is 15.9 Å². The number of H-pyrrole nitrogens is 1. The molecule has 9 nitrogen and oxygen atoms in total. The molecule has 0 aliphatic heterocycles. The van der Waals surface area contributed by atoms with Gasteiger partial charge in [0.25, 0.3) is 15.9 Å². The first-order valence-corrected chi connectivity index (χ1v) is 11.1. The van der Waals surface area contributed by atoms with E-state index in [1.807, 2.05) is 30.3 Å². The number of nitrogens with one attached hydrogen (secondary N) is 2. The van der Waals surface area contributed by atoms with E-state index in [1.54, 1.807) is 12.1 Å². The minimum Gasteiger partial charge on any atom is -0.427 e. The van der Waals surface area contributed by atoms with Gasteiger partial charge in [-0.15, -0.1) is 0 Å². The zero-order chi connectivity index (χ0) is 22.7. The molecule has 11 heteroatoms. The lowest BCUT2D eigenvalue weighted by atomic mass is 10.2. The number of hydrogen-bond acceptors (Lipinski definition) is 5. The number of hydrogen-bond donors (Lipinski definition) is 3. The van der Waals surface area contributed by atoms with Crippen LogP contribution in [0.4, 0.5) is 5.69 Å². The number of rotatable bonds is 5. The van der Waals surface area contributed by atoms with E-state index in [0.29, 0.717) is 21.3 Å². The van der Waals surface area contributed by atoms with E-state index in [9.17, 15) is 18.4 Å². The third-order valence-corrected chi connectivity index (χ3v) is 5.99. The summed E-state index contributed by atoms with van der Waals surface area (Å²) in [6.07, 6.45) is 2.39. The maximum absolute atomic E-state index is 12.7. The van der Waals surface area contributed by atoms with E-state index in [-0.39, 0.29) is 16.1 Å². The standard InChI is InChI=1S/C21H16ClN5O4S/c22-15-6-8-16(9-7-15)26-32(30,31)17-10-11-27(29)19(12-17)25-21(28)18-13-23-20(24-18)14-4-2-1-3-5-14/h1-13,26,29H,(H,23,24). The average molecular weight is 470 g/mol. The van der Waals surface area contributed by atoms with E-state index in [0.717, 1.165) is 17.8 Å². The third kappa shape index (κ3) is 4.71. The SMILES string of the molecule is O=C(N=c1cc(S(=O)(=O)Nc2ccc(Cl)cc2)ccn1O)c1cnc(-c2ccccc2)[nH]1. The largest absolute Gasteiger partial charge is 0.427 e. The smallest absolute Gasteiger partial charge is 0.297 e. The molecule has 0 fully saturated rings. The van der Waals surface area contributed by atoms with Crippen molar-refractivity contribution in [2.24, 2.45) is 4.99 Å². The molecule has 4 aromatic rings. The minimum absolute atomic E-state index is 0.0800. The first-order valence-electron chi connectivity index (χ1n) is 9.22.